The largest absolute Gasteiger partial charge is 0.479 e. The van der Waals surface area contributed by atoms with Crippen molar-refractivity contribution in [2.45, 2.75) is 0 Å². The van der Waals surface area contributed by atoms with Crippen molar-refractivity contribution in [2.75, 3.05) is 7.11 Å². The first-order valence-electron chi connectivity index (χ1n) is 4.98. The van der Waals surface area contributed by atoms with E-state index in [-0.39, 0.29) is 11.6 Å². The summed E-state index contributed by atoms with van der Waals surface area (Å²) in [7, 11) is 1.43. The number of carbonyl (C=O) groups excluding carboxylic acids is 1. The van der Waals surface area contributed by atoms with Crippen molar-refractivity contribution in [3.63, 3.8) is 0 Å². The molecule has 1 aromatic carbocycles. The van der Waals surface area contributed by atoms with Crippen LogP contribution in [0.4, 0.5) is 0 Å². The molecule has 0 aliphatic heterocycles. The van der Waals surface area contributed by atoms with Gasteiger partial charge in [-0.2, -0.15) is 0 Å². The molecule has 0 spiro atoms. The van der Waals surface area contributed by atoms with Crippen molar-refractivity contribution in [1.82, 2.24) is 9.97 Å². The summed E-state index contributed by atoms with van der Waals surface area (Å²) in [5, 5.41) is 0.535. The van der Waals surface area contributed by atoms with Gasteiger partial charge in [0, 0.05) is 10.0 Å². The highest BCUT2D eigenvalue weighted by molar-refractivity contribution is 9.10. The summed E-state index contributed by atoms with van der Waals surface area (Å²) < 4.78 is 5.77. The summed E-state index contributed by atoms with van der Waals surface area (Å²) in [6.45, 7) is 0. The highest BCUT2D eigenvalue weighted by atomic mass is 79.9. The summed E-state index contributed by atoms with van der Waals surface area (Å²) in [6.07, 6.45) is 2.08. The predicted molar refractivity (Wildman–Crippen MR) is 72.1 cm³/mol. The molecule has 0 aliphatic carbocycles. The van der Waals surface area contributed by atoms with E-state index < -0.39 is 0 Å². The molecule has 0 radical (unpaired) electrons. The molecular weight excluding hydrogens is 320 g/mol. The van der Waals surface area contributed by atoms with Gasteiger partial charge in [-0.15, -0.1) is 0 Å². The number of carbonyl (C=O) groups is 1. The first kappa shape index (κ1) is 13.0. The lowest BCUT2D eigenvalue weighted by Gasteiger charge is -2.07. The van der Waals surface area contributed by atoms with Crippen LogP contribution in [0, 0.1) is 0 Å². The van der Waals surface area contributed by atoms with Gasteiger partial charge in [0.2, 0.25) is 5.88 Å². The van der Waals surface area contributed by atoms with Gasteiger partial charge in [0.15, 0.2) is 12.0 Å². The summed E-state index contributed by atoms with van der Waals surface area (Å²) in [6, 6.07) is 5.49. The molecule has 0 atom stereocenters. The van der Waals surface area contributed by atoms with Gasteiger partial charge in [0.1, 0.15) is 0 Å². The first-order valence-corrected chi connectivity index (χ1v) is 6.15. The highest BCUT2D eigenvalue weighted by Crippen LogP contribution is 2.33. The SMILES string of the molecule is COc1nc(-c2cccc(Br)c2Cl)cnc1C=O. The van der Waals surface area contributed by atoms with Crippen molar-refractivity contribution in [2.24, 2.45) is 0 Å². The van der Waals surface area contributed by atoms with E-state index in [2.05, 4.69) is 25.9 Å². The average molecular weight is 328 g/mol. The molecule has 1 heterocycles. The van der Waals surface area contributed by atoms with Crippen LogP contribution in [0.2, 0.25) is 5.02 Å². The van der Waals surface area contributed by atoms with Gasteiger partial charge in [0.05, 0.1) is 24.0 Å². The summed E-state index contributed by atoms with van der Waals surface area (Å²) in [5.41, 5.74) is 1.42. The molecule has 0 bridgehead atoms. The molecule has 0 amide bonds. The van der Waals surface area contributed by atoms with Crippen molar-refractivity contribution in [1.29, 1.82) is 0 Å². The molecule has 4 nitrogen and oxygen atoms in total. The zero-order valence-electron chi connectivity index (χ0n) is 9.35. The van der Waals surface area contributed by atoms with E-state index in [4.69, 9.17) is 16.3 Å². The first-order chi connectivity index (χ1) is 8.67. The molecule has 2 rings (SSSR count). The smallest absolute Gasteiger partial charge is 0.243 e. The van der Waals surface area contributed by atoms with Gasteiger partial charge in [-0.05, 0) is 22.0 Å². The third kappa shape index (κ3) is 2.37. The van der Waals surface area contributed by atoms with Crippen LogP contribution in [0.25, 0.3) is 11.3 Å². The minimum Gasteiger partial charge on any atom is -0.479 e. The van der Waals surface area contributed by atoms with Crippen molar-refractivity contribution < 1.29 is 9.53 Å². The molecule has 0 unspecified atom stereocenters. The molecule has 6 heteroatoms. The maximum atomic E-state index is 10.7. The Labute approximate surface area is 117 Å². The van der Waals surface area contributed by atoms with Crippen molar-refractivity contribution >= 4 is 33.8 Å². The standard InChI is InChI=1S/C12H8BrClN2O2/c1-18-12-10(6-17)15-5-9(16-12)7-3-2-4-8(13)11(7)14/h2-6H,1H3. The van der Waals surface area contributed by atoms with Crippen LogP contribution in [-0.2, 0) is 0 Å². The lowest BCUT2D eigenvalue weighted by Crippen LogP contribution is -1.99. The maximum absolute atomic E-state index is 10.7. The number of ether oxygens (including phenoxy) is 1. The van der Waals surface area contributed by atoms with E-state index in [0.717, 1.165) is 4.47 Å². The van der Waals surface area contributed by atoms with Crippen LogP contribution < -0.4 is 4.74 Å². The van der Waals surface area contributed by atoms with Crippen LogP contribution in [0.3, 0.4) is 0 Å². The number of hydrogen-bond donors (Lipinski definition) is 0. The molecule has 0 aliphatic rings. The summed E-state index contributed by atoms with van der Waals surface area (Å²) >= 11 is 9.51. The van der Waals surface area contributed by atoms with Crippen LogP contribution in [0.15, 0.2) is 28.9 Å². The van der Waals surface area contributed by atoms with Gasteiger partial charge in [-0.25, -0.2) is 9.97 Å². The Kier molecular flexibility index (Phi) is 3.93. The molecule has 1 aromatic heterocycles. The second-order valence-corrected chi connectivity index (χ2v) is 4.60. The van der Waals surface area contributed by atoms with E-state index in [1.807, 2.05) is 18.2 Å². The molecule has 18 heavy (non-hydrogen) atoms. The van der Waals surface area contributed by atoms with Crippen molar-refractivity contribution in [3.05, 3.63) is 39.6 Å². The van der Waals surface area contributed by atoms with Crippen LogP contribution in [0.1, 0.15) is 10.5 Å². The van der Waals surface area contributed by atoms with Gasteiger partial charge >= 0.3 is 0 Å². The molecule has 92 valence electrons. The Balaban J connectivity index is 2.58. The third-order valence-corrected chi connectivity index (χ3v) is 3.60. The number of halogens is 2. The zero-order valence-corrected chi connectivity index (χ0v) is 11.7. The zero-order chi connectivity index (χ0) is 13.1. The molecule has 0 saturated heterocycles. The number of aldehydes is 1. The minimum atomic E-state index is 0.160. The monoisotopic (exact) mass is 326 g/mol. The van der Waals surface area contributed by atoms with E-state index in [1.54, 1.807) is 0 Å². The van der Waals surface area contributed by atoms with E-state index >= 15 is 0 Å². The topological polar surface area (TPSA) is 52.1 Å². The van der Waals surface area contributed by atoms with E-state index in [0.29, 0.717) is 22.6 Å². The van der Waals surface area contributed by atoms with Gasteiger partial charge in [-0.1, -0.05) is 23.7 Å². The fourth-order valence-electron chi connectivity index (χ4n) is 1.44. The van der Waals surface area contributed by atoms with Crippen LogP contribution in [0.5, 0.6) is 5.88 Å². The lowest BCUT2D eigenvalue weighted by atomic mass is 10.1. The fraction of sp³-hybridized carbons (Fsp3) is 0.0833. The lowest BCUT2D eigenvalue weighted by molar-refractivity contribution is 0.111. The summed E-state index contributed by atoms with van der Waals surface area (Å²) in [4.78, 5) is 18.9. The number of rotatable bonds is 3. The van der Waals surface area contributed by atoms with Gasteiger partial charge in [-0.3, -0.25) is 4.79 Å². The van der Waals surface area contributed by atoms with Gasteiger partial charge < -0.3 is 4.74 Å². The predicted octanol–water partition coefficient (Wildman–Crippen LogP) is 3.38. The third-order valence-electron chi connectivity index (χ3n) is 2.30. The molecule has 0 fully saturated rings. The highest BCUT2D eigenvalue weighted by Gasteiger charge is 2.12. The normalized spacial score (nSPS) is 10.2. The molecule has 0 saturated carbocycles. The van der Waals surface area contributed by atoms with E-state index in [9.17, 15) is 4.79 Å². The van der Waals surface area contributed by atoms with E-state index in [1.165, 1.54) is 13.3 Å². The number of methoxy groups -OCH3 is 1. The molecule has 0 N–H and O–H groups in total. The second-order valence-electron chi connectivity index (χ2n) is 3.37. The number of nitrogens with zero attached hydrogens (tertiary/aromatic N) is 2. The Hall–Kier alpha value is -1.46. The van der Waals surface area contributed by atoms with Gasteiger partial charge in [0.25, 0.3) is 0 Å². The number of aromatic nitrogens is 2. The Morgan fingerprint density at radius 3 is 2.89 bits per heavy atom. The Bertz CT molecular complexity index is 605. The van der Waals surface area contributed by atoms with Crippen LogP contribution in [-0.4, -0.2) is 23.4 Å². The Morgan fingerprint density at radius 2 is 2.22 bits per heavy atom. The summed E-state index contributed by atoms with van der Waals surface area (Å²) in [5.74, 6) is 0.179. The number of hydrogen-bond acceptors (Lipinski definition) is 4. The van der Waals surface area contributed by atoms with Crippen LogP contribution >= 0.6 is 27.5 Å². The fourth-order valence-corrected chi connectivity index (χ4v) is 2.03. The minimum absolute atomic E-state index is 0.160. The maximum Gasteiger partial charge on any atom is 0.243 e. The molecule has 2 aromatic rings. The Morgan fingerprint density at radius 1 is 1.44 bits per heavy atom. The average Bonchev–Trinajstić information content (AvgIpc) is 2.41. The second kappa shape index (κ2) is 5.46. The van der Waals surface area contributed by atoms with Crippen molar-refractivity contribution in [3.8, 4) is 17.1 Å². The quantitative estimate of drug-likeness (QED) is 0.811. The molecular formula is C12H8BrClN2O2. The number of benzene rings is 1.